The number of nitrogens with one attached hydrogen (secondary N) is 2. The monoisotopic (exact) mass is 332 g/mol. The molecule has 0 radical (unpaired) electrons. The average molecular weight is 333 g/mol. The molecule has 0 fully saturated rings. The van der Waals surface area contributed by atoms with Gasteiger partial charge in [-0.2, -0.15) is 0 Å². The van der Waals surface area contributed by atoms with Crippen molar-refractivity contribution in [3.63, 3.8) is 0 Å². The molecule has 1 aromatic rings. The predicted octanol–water partition coefficient (Wildman–Crippen LogP) is 2.89. The van der Waals surface area contributed by atoms with Gasteiger partial charge in [-0.05, 0) is 25.1 Å². The maximum absolute atomic E-state index is 11.8. The third-order valence-corrected chi connectivity index (χ3v) is 4.38. The van der Waals surface area contributed by atoms with Crippen molar-refractivity contribution in [1.29, 1.82) is 0 Å². The molecule has 110 valence electrons. The first-order valence-corrected chi connectivity index (χ1v) is 7.65. The highest BCUT2D eigenvalue weighted by Crippen LogP contribution is 2.26. The van der Waals surface area contributed by atoms with Gasteiger partial charge in [-0.15, -0.1) is 24.2 Å². The summed E-state index contributed by atoms with van der Waals surface area (Å²) in [4.78, 5) is 12.7. The molecule has 2 N–H and O–H groups in total. The second kappa shape index (κ2) is 9.29. The van der Waals surface area contributed by atoms with E-state index in [-0.39, 0.29) is 18.3 Å². The number of hydrogen-bond donors (Lipinski definition) is 2. The van der Waals surface area contributed by atoms with E-state index in [2.05, 4.69) is 16.7 Å². The minimum atomic E-state index is 0. The van der Waals surface area contributed by atoms with Gasteiger partial charge in [0.25, 0.3) is 0 Å². The molecule has 1 heterocycles. The lowest BCUT2D eigenvalue weighted by molar-refractivity contribution is -0.118. The fraction of sp³-hybridized carbons (Fsp3) is 0.357. The van der Waals surface area contributed by atoms with Crippen LogP contribution in [0.15, 0.2) is 40.8 Å². The highest BCUT2D eigenvalue weighted by atomic mass is 35.5. The Hall–Kier alpha value is -0.680. The smallest absolute Gasteiger partial charge is 0.230 e. The molecule has 1 aromatic carbocycles. The molecule has 0 unspecified atom stereocenters. The van der Waals surface area contributed by atoms with Crippen molar-refractivity contribution in [3.8, 4) is 0 Å². The number of hydrogen-bond acceptors (Lipinski definition) is 3. The van der Waals surface area contributed by atoms with Crippen molar-refractivity contribution in [3.05, 3.63) is 40.9 Å². The van der Waals surface area contributed by atoms with Gasteiger partial charge in [-0.25, -0.2) is 0 Å². The van der Waals surface area contributed by atoms with Crippen LogP contribution in [-0.4, -0.2) is 31.3 Å². The van der Waals surface area contributed by atoms with Crippen molar-refractivity contribution >= 4 is 41.7 Å². The maximum Gasteiger partial charge on any atom is 0.230 e. The van der Waals surface area contributed by atoms with Crippen LogP contribution >= 0.6 is 35.8 Å². The van der Waals surface area contributed by atoms with Crippen molar-refractivity contribution < 1.29 is 4.79 Å². The molecule has 0 saturated carbocycles. The van der Waals surface area contributed by atoms with Crippen LogP contribution in [0.3, 0.4) is 0 Å². The summed E-state index contributed by atoms with van der Waals surface area (Å²) in [5, 5.41) is 6.89. The molecule has 6 heteroatoms. The Bertz CT molecular complexity index is 480. The van der Waals surface area contributed by atoms with Crippen LogP contribution in [0.5, 0.6) is 0 Å². The van der Waals surface area contributed by atoms with Gasteiger partial charge in [0.2, 0.25) is 5.91 Å². The van der Waals surface area contributed by atoms with Gasteiger partial charge >= 0.3 is 0 Å². The summed E-state index contributed by atoms with van der Waals surface area (Å²) in [5.41, 5.74) is 1.30. The Morgan fingerprint density at radius 2 is 2.20 bits per heavy atom. The first-order valence-electron chi connectivity index (χ1n) is 6.28. The molecule has 0 saturated heterocycles. The van der Waals surface area contributed by atoms with Gasteiger partial charge in [0.1, 0.15) is 0 Å². The van der Waals surface area contributed by atoms with Crippen LogP contribution < -0.4 is 10.6 Å². The van der Waals surface area contributed by atoms with E-state index in [1.54, 1.807) is 0 Å². The lowest BCUT2D eigenvalue weighted by Crippen LogP contribution is -2.30. The van der Waals surface area contributed by atoms with Gasteiger partial charge in [0.05, 0.1) is 10.8 Å². The first kappa shape index (κ1) is 17.4. The summed E-state index contributed by atoms with van der Waals surface area (Å²) in [6, 6.07) is 7.57. The summed E-state index contributed by atoms with van der Waals surface area (Å²) in [6.07, 6.45) is 3.16. The summed E-state index contributed by atoms with van der Waals surface area (Å²) in [7, 11) is 0. The molecule has 20 heavy (non-hydrogen) atoms. The van der Waals surface area contributed by atoms with Crippen molar-refractivity contribution in [1.82, 2.24) is 10.6 Å². The van der Waals surface area contributed by atoms with E-state index < -0.39 is 0 Å². The number of carbonyl (C=O) groups excluding carboxylic acids is 1. The molecule has 3 nitrogen and oxygen atoms in total. The molecule has 0 bridgehead atoms. The lowest BCUT2D eigenvalue weighted by Gasteiger charge is -2.14. The van der Waals surface area contributed by atoms with E-state index in [1.165, 1.54) is 17.3 Å². The van der Waals surface area contributed by atoms with Crippen LogP contribution in [0.2, 0.25) is 5.02 Å². The van der Waals surface area contributed by atoms with E-state index in [1.807, 2.05) is 24.3 Å². The summed E-state index contributed by atoms with van der Waals surface area (Å²) >= 11 is 7.50. The fourth-order valence-electron chi connectivity index (χ4n) is 1.80. The molecule has 0 aliphatic carbocycles. The number of amides is 1. The molecule has 1 aliphatic rings. The zero-order chi connectivity index (χ0) is 13.5. The Kier molecular flexibility index (Phi) is 8.07. The second-order valence-corrected chi connectivity index (χ2v) is 5.74. The minimum absolute atomic E-state index is 0. The molecular formula is C14H18Cl2N2OS. The van der Waals surface area contributed by atoms with E-state index in [0.717, 1.165) is 24.4 Å². The minimum Gasteiger partial charge on any atom is -0.352 e. The number of rotatable bonds is 5. The first-order chi connectivity index (χ1) is 9.25. The Labute approximate surface area is 134 Å². The average Bonchev–Trinajstić information content (AvgIpc) is 2.45. The van der Waals surface area contributed by atoms with Crippen LogP contribution in [0.25, 0.3) is 0 Å². The quantitative estimate of drug-likeness (QED) is 0.643. The molecule has 1 amide bonds. The van der Waals surface area contributed by atoms with E-state index >= 15 is 0 Å². The van der Waals surface area contributed by atoms with Crippen LogP contribution in [0, 0.1) is 0 Å². The number of halogens is 2. The number of carbonyl (C=O) groups is 1. The van der Waals surface area contributed by atoms with Crippen molar-refractivity contribution in [2.45, 2.75) is 11.3 Å². The Morgan fingerprint density at radius 1 is 1.40 bits per heavy atom. The van der Waals surface area contributed by atoms with E-state index in [9.17, 15) is 4.79 Å². The largest absolute Gasteiger partial charge is 0.352 e. The SMILES string of the molecule is Cl.O=C(CSc1ccccc1Cl)NCC1=CCNCC1. The van der Waals surface area contributed by atoms with Crippen LogP contribution in [0.1, 0.15) is 6.42 Å². The van der Waals surface area contributed by atoms with E-state index in [0.29, 0.717) is 17.3 Å². The number of thioether (sulfide) groups is 1. The predicted molar refractivity (Wildman–Crippen MR) is 88.0 cm³/mol. The Morgan fingerprint density at radius 3 is 2.90 bits per heavy atom. The molecule has 0 atom stereocenters. The molecule has 0 spiro atoms. The fourth-order valence-corrected chi connectivity index (χ4v) is 2.87. The maximum atomic E-state index is 11.8. The summed E-state index contributed by atoms with van der Waals surface area (Å²) in [5.74, 6) is 0.444. The molecule has 1 aliphatic heterocycles. The van der Waals surface area contributed by atoms with E-state index in [4.69, 9.17) is 11.6 Å². The molecular weight excluding hydrogens is 315 g/mol. The van der Waals surface area contributed by atoms with Gasteiger partial charge in [0, 0.05) is 18.0 Å². The second-order valence-electron chi connectivity index (χ2n) is 4.31. The highest BCUT2D eigenvalue weighted by molar-refractivity contribution is 8.00. The number of benzene rings is 1. The van der Waals surface area contributed by atoms with Gasteiger partial charge in [-0.1, -0.05) is 35.4 Å². The van der Waals surface area contributed by atoms with Gasteiger partial charge in [0.15, 0.2) is 0 Å². The Balaban J connectivity index is 0.00000200. The van der Waals surface area contributed by atoms with Gasteiger partial charge < -0.3 is 10.6 Å². The third kappa shape index (κ3) is 5.75. The topological polar surface area (TPSA) is 41.1 Å². The molecule has 2 rings (SSSR count). The zero-order valence-electron chi connectivity index (χ0n) is 11.0. The van der Waals surface area contributed by atoms with Crippen LogP contribution in [-0.2, 0) is 4.79 Å². The highest BCUT2D eigenvalue weighted by Gasteiger charge is 2.07. The lowest BCUT2D eigenvalue weighted by atomic mass is 10.1. The third-order valence-electron chi connectivity index (χ3n) is 2.87. The van der Waals surface area contributed by atoms with Crippen molar-refractivity contribution in [2.75, 3.05) is 25.4 Å². The standard InChI is InChI=1S/C14H17ClN2OS.ClH/c15-12-3-1-2-4-13(12)19-10-14(18)17-9-11-5-7-16-8-6-11;/h1-5,16H,6-10H2,(H,17,18);1H. The molecule has 0 aromatic heterocycles. The summed E-state index contributed by atoms with van der Waals surface area (Å²) in [6.45, 7) is 2.55. The van der Waals surface area contributed by atoms with Crippen LogP contribution in [0.4, 0.5) is 0 Å². The zero-order valence-corrected chi connectivity index (χ0v) is 13.4. The van der Waals surface area contributed by atoms with Crippen molar-refractivity contribution in [2.24, 2.45) is 0 Å². The van der Waals surface area contributed by atoms with Gasteiger partial charge in [-0.3, -0.25) is 4.79 Å². The normalized spacial score (nSPS) is 14.2. The summed E-state index contributed by atoms with van der Waals surface area (Å²) < 4.78 is 0.